The van der Waals surface area contributed by atoms with Crippen LogP contribution in [-0.2, 0) is 4.74 Å². The van der Waals surface area contributed by atoms with Gasteiger partial charge >= 0.3 is 0 Å². The molecule has 7 aliphatic rings. The van der Waals surface area contributed by atoms with E-state index in [4.69, 9.17) is 4.74 Å². The van der Waals surface area contributed by atoms with Gasteiger partial charge in [0.25, 0.3) is 0 Å². The van der Waals surface area contributed by atoms with Crippen LogP contribution in [0.4, 0.5) is 0 Å². The van der Waals surface area contributed by atoms with E-state index in [9.17, 15) is 35.7 Å². The second-order valence-corrected chi connectivity index (χ2v) is 14.3. The molecular weight excluding hydrogens is 466 g/mol. The summed E-state index contributed by atoms with van der Waals surface area (Å²) in [7, 11) is 0. The van der Waals surface area contributed by atoms with Gasteiger partial charge in [-0.3, -0.25) is 4.90 Å². The summed E-state index contributed by atoms with van der Waals surface area (Å²) >= 11 is 0. The Morgan fingerprint density at radius 3 is 2.19 bits per heavy atom. The zero-order valence-electron chi connectivity index (χ0n) is 21.6. The average Bonchev–Trinajstić information content (AvgIpc) is 2.97. The van der Waals surface area contributed by atoms with E-state index in [-0.39, 0.29) is 31.3 Å². The first-order valence-corrected chi connectivity index (χ1v) is 14.0. The van der Waals surface area contributed by atoms with E-state index in [1.807, 2.05) is 6.92 Å². The van der Waals surface area contributed by atoms with Gasteiger partial charge in [0.2, 0.25) is 0 Å². The molecule has 0 aromatic carbocycles. The number of aliphatic hydroxyl groups is 7. The SMILES string of the molecule is C[C@@H]1CC[C@@H]2N(C1)C[C@@H]1[C@](O)([C@H](O)C[C@]3(O)[C@H]4CC[C@@H]5[C@]6(O)O[C@]4(C[C@@]13O)[C@@]5(C)CC[C@H]6O)[C@@]2(C)O. The Morgan fingerprint density at radius 2 is 1.47 bits per heavy atom. The summed E-state index contributed by atoms with van der Waals surface area (Å²) in [4.78, 5) is 2.12. The number of hydrogen-bond donors (Lipinski definition) is 7. The third kappa shape index (κ3) is 2.27. The van der Waals surface area contributed by atoms with E-state index in [1.165, 1.54) is 0 Å². The maximum absolute atomic E-state index is 12.7. The number of ether oxygens (including phenoxy) is 1. The Morgan fingerprint density at radius 1 is 0.778 bits per heavy atom. The highest BCUT2D eigenvalue weighted by atomic mass is 16.7. The minimum atomic E-state index is -2.02. The smallest absolute Gasteiger partial charge is 0.196 e. The lowest BCUT2D eigenvalue weighted by Gasteiger charge is -2.68. The van der Waals surface area contributed by atoms with E-state index in [1.54, 1.807) is 6.92 Å². The Hall–Kier alpha value is -0.360. The lowest BCUT2D eigenvalue weighted by atomic mass is 9.49. The summed E-state index contributed by atoms with van der Waals surface area (Å²) < 4.78 is 6.52. The van der Waals surface area contributed by atoms with Crippen molar-refractivity contribution in [1.29, 1.82) is 0 Å². The standard InChI is InChI=1S/C27H43NO8/c1-14-4-7-18-22(3,31)26(34)17(12-28(18)11-14)24(33)13-25-16(23(24,32)10-20(26)30)6-5-15-21(25,2)9-8-19(29)27(15,35)36-25/h14-20,29-35H,4-13H2,1-3H3/t14-,15+,16-,17+,18+,19-,20-,21+,22+,23+,24-,25+,26+,27+/m1/s1. The first kappa shape index (κ1) is 24.7. The number of fused-ring (bicyclic) bond motifs is 5. The number of hydrogen-bond acceptors (Lipinski definition) is 9. The van der Waals surface area contributed by atoms with Crippen LogP contribution in [0.2, 0.25) is 0 Å². The molecule has 4 aliphatic carbocycles. The molecule has 4 bridgehead atoms. The molecular formula is C27H43NO8. The highest BCUT2D eigenvalue weighted by molar-refractivity contribution is 5.37. The second kappa shape index (κ2) is 6.67. The van der Waals surface area contributed by atoms with Crippen LogP contribution in [0.15, 0.2) is 0 Å². The molecule has 3 saturated heterocycles. The van der Waals surface area contributed by atoms with Crippen LogP contribution in [0.25, 0.3) is 0 Å². The largest absolute Gasteiger partial charge is 0.390 e. The van der Waals surface area contributed by atoms with E-state index in [0.717, 1.165) is 6.42 Å². The maximum Gasteiger partial charge on any atom is 0.196 e. The van der Waals surface area contributed by atoms with Gasteiger partial charge in [-0.05, 0) is 51.4 Å². The van der Waals surface area contributed by atoms with Crippen molar-refractivity contribution in [3.05, 3.63) is 0 Å². The molecule has 7 fully saturated rings. The first-order chi connectivity index (χ1) is 16.6. The first-order valence-electron chi connectivity index (χ1n) is 14.0. The number of piperidine rings is 2. The molecule has 0 radical (unpaired) electrons. The monoisotopic (exact) mass is 509 g/mol. The fourth-order valence-corrected chi connectivity index (χ4v) is 11.3. The topological polar surface area (TPSA) is 154 Å². The number of nitrogens with zero attached hydrogens (tertiary/aromatic N) is 1. The summed E-state index contributed by atoms with van der Waals surface area (Å²) in [6.45, 7) is 6.70. The van der Waals surface area contributed by atoms with Crippen molar-refractivity contribution in [3.8, 4) is 0 Å². The average molecular weight is 510 g/mol. The lowest BCUT2D eigenvalue weighted by molar-refractivity contribution is -0.354. The molecule has 14 atom stereocenters. The molecule has 7 rings (SSSR count). The fourth-order valence-electron chi connectivity index (χ4n) is 11.3. The quantitative estimate of drug-likeness (QED) is 0.228. The van der Waals surface area contributed by atoms with E-state index >= 15 is 0 Å². The Kier molecular flexibility index (Phi) is 4.57. The molecule has 0 unspecified atom stereocenters. The molecule has 7 N–H and O–H groups in total. The number of rotatable bonds is 0. The Labute approximate surface area is 212 Å². The summed E-state index contributed by atoms with van der Waals surface area (Å²) in [6, 6.07) is -0.360. The zero-order valence-corrected chi connectivity index (χ0v) is 21.6. The summed E-state index contributed by atoms with van der Waals surface area (Å²) in [5, 5.41) is 83.2. The highest BCUT2D eigenvalue weighted by Crippen LogP contribution is 2.78. The van der Waals surface area contributed by atoms with Gasteiger partial charge in [0, 0.05) is 55.1 Å². The van der Waals surface area contributed by atoms with Gasteiger partial charge in [-0.2, -0.15) is 0 Å². The predicted molar refractivity (Wildman–Crippen MR) is 126 cm³/mol. The molecule has 204 valence electrons. The van der Waals surface area contributed by atoms with Crippen molar-refractivity contribution in [1.82, 2.24) is 4.90 Å². The van der Waals surface area contributed by atoms with Crippen LogP contribution in [0.1, 0.15) is 72.1 Å². The van der Waals surface area contributed by atoms with Gasteiger partial charge in [0.1, 0.15) is 28.5 Å². The minimum Gasteiger partial charge on any atom is -0.390 e. The molecule has 4 saturated carbocycles. The van der Waals surface area contributed by atoms with Crippen LogP contribution in [-0.4, -0.2) is 106 Å². The summed E-state index contributed by atoms with van der Waals surface area (Å²) in [5.74, 6) is -3.30. The molecule has 9 nitrogen and oxygen atoms in total. The highest BCUT2D eigenvalue weighted by Gasteiger charge is 2.88. The number of aliphatic hydroxyl groups excluding tert-OH is 2. The van der Waals surface area contributed by atoms with Crippen LogP contribution < -0.4 is 0 Å². The van der Waals surface area contributed by atoms with Gasteiger partial charge in [0.15, 0.2) is 5.79 Å². The molecule has 1 spiro atoms. The van der Waals surface area contributed by atoms with Crippen molar-refractivity contribution in [2.45, 2.75) is 124 Å². The third-order valence-electron chi connectivity index (χ3n) is 13.1. The van der Waals surface area contributed by atoms with Crippen LogP contribution in [0.5, 0.6) is 0 Å². The maximum atomic E-state index is 12.7. The molecule has 0 aromatic rings. The van der Waals surface area contributed by atoms with Gasteiger partial charge < -0.3 is 40.5 Å². The summed E-state index contributed by atoms with van der Waals surface area (Å²) in [5.41, 5.74) is -9.07. The lowest BCUT2D eigenvalue weighted by Crippen LogP contribution is -2.85. The molecule has 9 heteroatoms. The van der Waals surface area contributed by atoms with Crippen molar-refractivity contribution in [2.75, 3.05) is 13.1 Å². The molecule has 0 aromatic heterocycles. The van der Waals surface area contributed by atoms with Gasteiger partial charge in [-0.25, -0.2) is 0 Å². The minimum absolute atomic E-state index is 0.0208. The van der Waals surface area contributed by atoms with Gasteiger partial charge in [0.05, 0.1) is 11.7 Å². The predicted octanol–water partition coefficient (Wildman–Crippen LogP) is -0.526. The van der Waals surface area contributed by atoms with Crippen LogP contribution >= 0.6 is 0 Å². The molecule has 0 amide bonds. The van der Waals surface area contributed by atoms with Crippen molar-refractivity contribution in [2.24, 2.45) is 29.1 Å². The Bertz CT molecular complexity index is 995. The van der Waals surface area contributed by atoms with Gasteiger partial charge in [-0.1, -0.05) is 13.8 Å². The van der Waals surface area contributed by atoms with E-state index < -0.39 is 63.3 Å². The fraction of sp³-hybridized carbons (Fsp3) is 1.00. The molecule has 3 aliphatic heterocycles. The molecule has 3 heterocycles. The van der Waals surface area contributed by atoms with Crippen molar-refractivity contribution >= 4 is 0 Å². The van der Waals surface area contributed by atoms with E-state index in [0.29, 0.717) is 44.6 Å². The summed E-state index contributed by atoms with van der Waals surface area (Å²) in [6.07, 6.45) is 0.752. The normalized spacial score (nSPS) is 68.0. The molecule has 36 heavy (non-hydrogen) atoms. The third-order valence-corrected chi connectivity index (χ3v) is 13.1. The van der Waals surface area contributed by atoms with Crippen molar-refractivity contribution in [3.63, 3.8) is 0 Å². The zero-order chi connectivity index (χ0) is 25.9. The van der Waals surface area contributed by atoms with Gasteiger partial charge in [-0.15, -0.1) is 0 Å². The van der Waals surface area contributed by atoms with Crippen molar-refractivity contribution < 1.29 is 40.5 Å². The Balaban J connectivity index is 1.39. The van der Waals surface area contributed by atoms with E-state index in [2.05, 4.69) is 11.8 Å². The van der Waals surface area contributed by atoms with Crippen LogP contribution in [0.3, 0.4) is 0 Å². The van der Waals surface area contributed by atoms with Crippen LogP contribution in [0, 0.1) is 29.1 Å². The second-order valence-electron chi connectivity index (χ2n) is 14.3.